The number of piperidine rings is 1. The number of aromatic nitrogens is 1. The number of amides is 1. The zero-order valence-corrected chi connectivity index (χ0v) is 17.6. The van der Waals surface area contributed by atoms with Crippen molar-refractivity contribution in [3.05, 3.63) is 16.1 Å². The van der Waals surface area contributed by atoms with Crippen LogP contribution in [0, 0.1) is 0 Å². The summed E-state index contributed by atoms with van der Waals surface area (Å²) in [7, 11) is 0. The number of nitrogens with zero attached hydrogens (tertiary/aromatic N) is 3. The second-order valence-electron chi connectivity index (χ2n) is 7.90. The van der Waals surface area contributed by atoms with E-state index in [1.165, 1.54) is 0 Å². The molecule has 1 aromatic heterocycles. The molecule has 2 aliphatic rings. The van der Waals surface area contributed by atoms with Crippen LogP contribution in [-0.4, -0.2) is 59.1 Å². The largest absolute Gasteiger partial charge is 0.463 e. The lowest BCUT2D eigenvalue weighted by molar-refractivity contribution is -0.154. The molecule has 2 aliphatic heterocycles. The molecule has 3 heterocycles. The first-order chi connectivity index (χ1) is 13.3. The van der Waals surface area contributed by atoms with Gasteiger partial charge in [-0.3, -0.25) is 0 Å². The molecule has 0 saturated carbocycles. The van der Waals surface area contributed by atoms with Gasteiger partial charge in [0, 0.05) is 30.8 Å². The van der Waals surface area contributed by atoms with Crippen molar-refractivity contribution in [2.24, 2.45) is 5.16 Å². The van der Waals surface area contributed by atoms with Crippen LogP contribution in [0.1, 0.15) is 63.6 Å². The van der Waals surface area contributed by atoms with Crippen LogP contribution >= 0.6 is 11.3 Å². The number of oxime groups is 1. The Labute approximate surface area is 168 Å². The zero-order chi connectivity index (χ0) is 20.3. The molecule has 28 heavy (non-hydrogen) atoms. The molecule has 1 amide bonds. The number of hydrogen-bond donors (Lipinski definition) is 0. The summed E-state index contributed by atoms with van der Waals surface area (Å²) in [4.78, 5) is 35.6. The van der Waals surface area contributed by atoms with Crippen molar-refractivity contribution in [2.45, 2.75) is 64.6 Å². The molecule has 0 aliphatic carbocycles. The van der Waals surface area contributed by atoms with Crippen molar-refractivity contribution in [1.82, 2.24) is 9.88 Å². The molecule has 0 aromatic carbocycles. The zero-order valence-electron chi connectivity index (χ0n) is 16.8. The minimum absolute atomic E-state index is 0.256. The molecule has 0 bridgehead atoms. The standard InChI is InChI=1S/C19H27N3O5S/c1-5-25-17(23)15-10-13(21-27-15)14-11-28-16(20-14)12-6-8-22(9-7-12)18(24)26-19(2,3)4/h11-12,15H,5-10H2,1-4H3. The summed E-state index contributed by atoms with van der Waals surface area (Å²) >= 11 is 1.58. The van der Waals surface area contributed by atoms with Crippen LogP contribution in [0.4, 0.5) is 4.79 Å². The van der Waals surface area contributed by atoms with Crippen molar-refractivity contribution in [3.8, 4) is 0 Å². The fraction of sp³-hybridized carbons (Fsp3) is 0.684. The lowest BCUT2D eigenvalue weighted by Gasteiger charge is -2.32. The highest BCUT2D eigenvalue weighted by atomic mass is 32.1. The molecule has 1 unspecified atom stereocenters. The number of hydrogen-bond acceptors (Lipinski definition) is 8. The second kappa shape index (κ2) is 8.46. The van der Waals surface area contributed by atoms with E-state index in [4.69, 9.17) is 19.3 Å². The molecular weight excluding hydrogens is 382 g/mol. The normalized spacial score (nSPS) is 20.5. The third-order valence-electron chi connectivity index (χ3n) is 4.53. The summed E-state index contributed by atoms with van der Waals surface area (Å²) in [5.41, 5.74) is 0.942. The molecule has 3 rings (SSSR count). The lowest BCUT2D eigenvalue weighted by atomic mass is 9.98. The molecular formula is C19H27N3O5S. The molecule has 9 heteroatoms. The maximum Gasteiger partial charge on any atom is 0.410 e. The molecule has 0 radical (unpaired) electrons. The van der Waals surface area contributed by atoms with Gasteiger partial charge in [-0.15, -0.1) is 11.3 Å². The molecule has 1 aromatic rings. The molecule has 0 spiro atoms. The Bertz CT molecular complexity index is 747. The van der Waals surface area contributed by atoms with E-state index < -0.39 is 17.7 Å². The summed E-state index contributed by atoms with van der Waals surface area (Å²) in [6.07, 6.45) is 1.13. The van der Waals surface area contributed by atoms with Crippen molar-refractivity contribution in [2.75, 3.05) is 19.7 Å². The maximum absolute atomic E-state index is 12.2. The number of esters is 1. The maximum atomic E-state index is 12.2. The number of rotatable bonds is 4. The van der Waals surface area contributed by atoms with Gasteiger partial charge in [-0.2, -0.15) is 0 Å². The van der Waals surface area contributed by atoms with Crippen molar-refractivity contribution in [1.29, 1.82) is 0 Å². The SMILES string of the molecule is CCOC(=O)C1CC(c2csc(C3CCN(C(=O)OC(C)(C)C)CC3)n2)=NO1. The molecule has 0 N–H and O–H groups in total. The Kier molecular flexibility index (Phi) is 6.22. The topological polar surface area (TPSA) is 90.3 Å². The Hall–Kier alpha value is -2.16. The summed E-state index contributed by atoms with van der Waals surface area (Å²) in [6.45, 7) is 9.00. The van der Waals surface area contributed by atoms with Gasteiger partial charge in [0.25, 0.3) is 0 Å². The van der Waals surface area contributed by atoms with Crippen molar-refractivity contribution < 1.29 is 23.9 Å². The van der Waals surface area contributed by atoms with Crippen LogP contribution in [-0.2, 0) is 19.1 Å². The van der Waals surface area contributed by atoms with Crippen LogP contribution < -0.4 is 0 Å². The van der Waals surface area contributed by atoms with Crippen LogP contribution in [0.25, 0.3) is 0 Å². The predicted molar refractivity (Wildman–Crippen MR) is 105 cm³/mol. The fourth-order valence-corrected chi connectivity index (χ4v) is 4.13. The van der Waals surface area contributed by atoms with Gasteiger partial charge in [0.05, 0.1) is 17.3 Å². The Morgan fingerprint density at radius 1 is 1.32 bits per heavy atom. The van der Waals surface area contributed by atoms with E-state index in [0.29, 0.717) is 37.7 Å². The van der Waals surface area contributed by atoms with E-state index in [1.54, 1.807) is 23.2 Å². The smallest absolute Gasteiger partial charge is 0.410 e. The fourth-order valence-electron chi connectivity index (χ4n) is 3.13. The first-order valence-electron chi connectivity index (χ1n) is 9.60. The third-order valence-corrected chi connectivity index (χ3v) is 5.54. The van der Waals surface area contributed by atoms with E-state index in [0.717, 1.165) is 23.5 Å². The van der Waals surface area contributed by atoms with Crippen molar-refractivity contribution >= 4 is 29.1 Å². The Balaban J connectivity index is 1.53. The molecule has 1 atom stereocenters. The number of carbonyl (C=O) groups excluding carboxylic acids is 2. The van der Waals surface area contributed by atoms with Gasteiger partial charge in [-0.05, 0) is 40.5 Å². The van der Waals surface area contributed by atoms with Crippen molar-refractivity contribution in [3.63, 3.8) is 0 Å². The van der Waals surface area contributed by atoms with E-state index >= 15 is 0 Å². The first kappa shape index (κ1) is 20.6. The van der Waals surface area contributed by atoms with Crippen LogP contribution in [0.3, 0.4) is 0 Å². The first-order valence-corrected chi connectivity index (χ1v) is 10.5. The van der Waals surface area contributed by atoms with Gasteiger partial charge in [-0.1, -0.05) is 5.16 Å². The monoisotopic (exact) mass is 409 g/mol. The number of thiazole rings is 1. The van der Waals surface area contributed by atoms with Gasteiger partial charge < -0.3 is 19.2 Å². The van der Waals surface area contributed by atoms with Crippen LogP contribution in [0.15, 0.2) is 10.5 Å². The lowest BCUT2D eigenvalue weighted by Crippen LogP contribution is -2.41. The summed E-state index contributed by atoms with van der Waals surface area (Å²) in [5, 5.41) is 6.99. The summed E-state index contributed by atoms with van der Waals surface area (Å²) in [6, 6.07) is 0. The van der Waals surface area contributed by atoms with Gasteiger partial charge in [0.2, 0.25) is 6.10 Å². The molecule has 8 nitrogen and oxygen atoms in total. The van der Waals surface area contributed by atoms with Gasteiger partial charge >= 0.3 is 12.1 Å². The molecule has 154 valence electrons. The van der Waals surface area contributed by atoms with E-state index in [2.05, 4.69) is 5.16 Å². The number of carbonyl (C=O) groups is 2. The molecule has 1 saturated heterocycles. The highest BCUT2D eigenvalue weighted by Crippen LogP contribution is 2.32. The van der Waals surface area contributed by atoms with Gasteiger partial charge in [0.15, 0.2) is 0 Å². The average molecular weight is 410 g/mol. The highest BCUT2D eigenvalue weighted by molar-refractivity contribution is 7.10. The number of likely N-dealkylation sites (tertiary alicyclic amines) is 1. The highest BCUT2D eigenvalue weighted by Gasteiger charge is 2.32. The minimum atomic E-state index is -0.683. The summed E-state index contributed by atoms with van der Waals surface area (Å²) in [5.74, 6) is -0.0903. The number of ether oxygens (including phenoxy) is 2. The quantitative estimate of drug-likeness (QED) is 0.709. The van der Waals surface area contributed by atoms with E-state index in [1.807, 2.05) is 26.2 Å². The molecule has 1 fully saturated rings. The Morgan fingerprint density at radius 2 is 2.04 bits per heavy atom. The average Bonchev–Trinajstić information content (AvgIpc) is 3.30. The Morgan fingerprint density at radius 3 is 2.68 bits per heavy atom. The van der Waals surface area contributed by atoms with E-state index in [-0.39, 0.29) is 6.09 Å². The third kappa shape index (κ3) is 5.01. The second-order valence-corrected chi connectivity index (χ2v) is 8.79. The van der Waals surface area contributed by atoms with Gasteiger partial charge in [-0.25, -0.2) is 14.6 Å². The minimum Gasteiger partial charge on any atom is -0.463 e. The van der Waals surface area contributed by atoms with E-state index in [9.17, 15) is 9.59 Å². The predicted octanol–water partition coefficient (Wildman–Crippen LogP) is 3.31. The summed E-state index contributed by atoms with van der Waals surface area (Å²) < 4.78 is 10.4. The van der Waals surface area contributed by atoms with Crippen LogP contribution in [0.5, 0.6) is 0 Å². The van der Waals surface area contributed by atoms with Gasteiger partial charge in [0.1, 0.15) is 11.3 Å². The van der Waals surface area contributed by atoms with Crippen LogP contribution in [0.2, 0.25) is 0 Å².